The topological polar surface area (TPSA) is 74.3 Å². The highest BCUT2D eigenvalue weighted by Crippen LogP contribution is 2.10. The van der Waals surface area contributed by atoms with E-state index in [2.05, 4.69) is 4.74 Å². The minimum Gasteiger partial charge on any atom is -0.461 e. The van der Waals surface area contributed by atoms with E-state index >= 15 is 0 Å². The van der Waals surface area contributed by atoms with Crippen LogP contribution in [0.15, 0.2) is 12.3 Å². The van der Waals surface area contributed by atoms with Crippen molar-refractivity contribution >= 4 is 11.9 Å². The van der Waals surface area contributed by atoms with Gasteiger partial charge in [-0.25, -0.2) is 9.18 Å². The Labute approximate surface area is 85.6 Å². The average Bonchev–Trinajstić information content (AvgIpc) is 2.46. The van der Waals surface area contributed by atoms with Crippen molar-refractivity contribution in [2.24, 2.45) is 5.73 Å². The molecule has 0 aromatic carbocycles. The van der Waals surface area contributed by atoms with E-state index in [4.69, 9.17) is 5.73 Å². The van der Waals surface area contributed by atoms with Crippen LogP contribution in [0.1, 0.15) is 17.4 Å². The lowest BCUT2D eigenvalue weighted by Crippen LogP contribution is -2.22. The Bertz CT molecular complexity index is 387. The van der Waals surface area contributed by atoms with Gasteiger partial charge < -0.3 is 15.0 Å². The summed E-state index contributed by atoms with van der Waals surface area (Å²) < 4.78 is 18.9. The van der Waals surface area contributed by atoms with Gasteiger partial charge in [-0.15, -0.1) is 0 Å². The number of esters is 1. The lowest BCUT2D eigenvalue weighted by Gasteiger charge is -2.05. The van der Waals surface area contributed by atoms with E-state index in [-0.39, 0.29) is 18.8 Å². The first-order chi connectivity index (χ1) is 7.06. The number of carbonyl (C=O) groups is 2. The third-order valence-electron chi connectivity index (χ3n) is 1.71. The van der Waals surface area contributed by atoms with Crippen LogP contribution < -0.4 is 5.73 Å². The number of hydrogen-bond acceptors (Lipinski definition) is 3. The third-order valence-corrected chi connectivity index (χ3v) is 1.71. The molecular formula is C9H11FN2O3. The van der Waals surface area contributed by atoms with Crippen LogP contribution >= 0.6 is 0 Å². The zero-order valence-corrected chi connectivity index (χ0v) is 8.20. The quantitative estimate of drug-likeness (QED) is 0.732. The summed E-state index contributed by atoms with van der Waals surface area (Å²) >= 11 is 0. The monoisotopic (exact) mass is 214 g/mol. The van der Waals surface area contributed by atoms with Crippen molar-refractivity contribution in [3.63, 3.8) is 0 Å². The second-order valence-electron chi connectivity index (χ2n) is 2.83. The fraction of sp³-hybridized carbons (Fsp3) is 0.333. The first kappa shape index (κ1) is 11.2. The Morgan fingerprint density at radius 2 is 2.27 bits per heavy atom. The molecule has 1 amide bonds. The maximum Gasteiger partial charge on any atom is 0.358 e. The molecular weight excluding hydrogens is 203 g/mol. The first-order valence-corrected chi connectivity index (χ1v) is 4.36. The van der Waals surface area contributed by atoms with Crippen LogP contribution in [-0.2, 0) is 16.1 Å². The van der Waals surface area contributed by atoms with Gasteiger partial charge in [0.2, 0.25) is 5.91 Å². The molecule has 1 rings (SSSR count). The van der Waals surface area contributed by atoms with Gasteiger partial charge in [-0.3, -0.25) is 4.79 Å². The summed E-state index contributed by atoms with van der Waals surface area (Å²) in [4.78, 5) is 21.9. The summed E-state index contributed by atoms with van der Waals surface area (Å²) in [7, 11) is 0. The van der Waals surface area contributed by atoms with E-state index in [9.17, 15) is 14.0 Å². The standard InChI is InChI=1S/C9H11FN2O3/c1-2-15-9(14)8-6(10)3-4-12(8)5-7(11)13/h3-4H,2,5H2,1H3,(H2,11,13). The van der Waals surface area contributed by atoms with Crippen molar-refractivity contribution < 1.29 is 18.7 Å². The maximum absolute atomic E-state index is 13.2. The molecule has 0 saturated heterocycles. The van der Waals surface area contributed by atoms with E-state index in [0.29, 0.717) is 0 Å². The minimum absolute atomic E-state index is 0.139. The fourth-order valence-electron chi connectivity index (χ4n) is 1.16. The summed E-state index contributed by atoms with van der Waals surface area (Å²) in [6.45, 7) is 1.50. The Hall–Kier alpha value is -1.85. The molecule has 1 aromatic heterocycles. The minimum atomic E-state index is -0.804. The molecule has 1 heterocycles. The highest BCUT2D eigenvalue weighted by atomic mass is 19.1. The van der Waals surface area contributed by atoms with E-state index in [1.807, 2.05) is 0 Å². The SMILES string of the molecule is CCOC(=O)c1c(F)ccn1CC(N)=O. The summed E-state index contributed by atoms with van der Waals surface area (Å²) in [5, 5.41) is 0. The van der Waals surface area contributed by atoms with E-state index in [1.54, 1.807) is 6.92 Å². The number of amides is 1. The predicted octanol–water partition coefficient (Wildman–Crippen LogP) is 0.289. The van der Waals surface area contributed by atoms with Gasteiger partial charge in [0.25, 0.3) is 0 Å². The maximum atomic E-state index is 13.2. The molecule has 0 aliphatic rings. The molecule has 0 aliphatic heterocycles. The molecule has 0 unspecified atom stereocenters. The summed E-state index contributed by atoms with van der Waals surface area (Å²) in [5.41, 5.74) is 4.66. The zero-order chi connectivity index (χ0) is 11.4. The molecule has 0 aliphatic carbocycles. The van der Waals surface area contributed by atoms with Crippen molar-refractivity contribution in [2.45, 2.75) is 13.5 Å². The van der Waals surface area contributed by atoms with Gasteiger partial charge in [-0.1, -0.05) is 0 Å². The second-order valence-corrected chi connectivity index (χ2v) is 2.83. The molecule has 1 aromatic rings. The van der Waals surface area contributed by atoms with Crippen molar-refractivity contribution in [1.29, 1.82) is 0 Å². The van der Waals surface area contributed by atoms with Crippen LogP contribution in [0.2, 0.25) is 0 Å². The van der Waals surface area contributed by atoms with Crippen molar-refractivity contribution in [2.75, 3.05) is 6.61 Å². The Balaban J connectivity index is 2.98. The number of ether oxygens (including phenoxy) is 1. The summed E-state index contributed by atoms with van der Waals surface area (Å²) in [5.74, 6) is -2.19. The number of primary amides is 1. The van der Waals surface area contributed by atoms with E-state index in [0.717, 1.165) is 10.6 Å². The molecule has 2 N–H and O–H groups in total. The number of nitrogens with two attached hydrogens (primary N) is 1. The molecule has 0 spiro atoms. The molecule has 82 valence electrons. The summed E-state index contributed by atoms with van der Waals surface area (Å²) in [6, 6.07) is 1.08. The van der Waals surface area contributed by atoms with Crippen LogP contribution in [0.5, 0.6) is 0 Å². The van der Waals surface area contributed by atoms with Crippen LogP contribution in [0, 0.1) is 5.82 Å². The van der Waals surface area contributed by atoms with Gasteiger partial charge in [0, 0.05) is 6.20 Å². The van der Waals surface area contributed by atoms with Gasteiger partial charge in [0.15, 0.2) is 11.5 Å². The van der Waals surface area contributed by atoms with Gasteiger partial charge in [-0.05, 0) is 13.0 Å². The van der Waals surface area contributed by atoms with Gasteiger partial charge in [0.1, 0.15) is 6.54 Å². The number of hydrogen-bond donors (Lipinski definition) is 1. The molecule has 0 fully saturated rings. The Kier molecular flexibility index (Phi) is 3.43. The van der Waals surface area contributed by atoms with E-state index in [1.165, 1.54) is 6.20 Å². The lowest BCUT2D eigenvalue weighted by atomic mass is 10.4. The zero-order valence-electron chi connectivity index (χ0n) is 8.20. The molecule has 0 atom stereocenters. The molecule has 0 saturated carbocycles. The highest BCUT2D eigenvalue weighted by Gasteiger charge is 2.19. The average molecular weight is 214 g/mol. The van der Waals surface area contributed by atoms with Crippen molar-refractivity contribution in [3.8, 4) is 0 Å². The highest BCUT2D eigenvalue weighted by molar-refractivity contribution is 5.88. The van der Waals surface area contributed by atoms with E-state index < -0.39 is 17.7 Å². The van der Waals surface area contributed by atoms with Gasteiger partial charge in [0.05, 0.1) is 6.61 Å². The van der Waals surface area contributed by atoms with Gasteiger partial charge >= 0.3 is 5.97 Å². The number of nitrogens with zero attached hydrogens (tertiary/aromatic N) is 1. The molecule has 0 bridgehead atoms. The number of carbonyl (C=O) groups excluding carboxylic acids is 2. The number of halogens is 1. The molecule has 15 heavy (non-hydrogen) atoms. The predicted molar refractivity (Wildman–Crippen MR) is 49.5 cm³/mol. The summed E-state index contributed by atoms with van der Waals surface area (Å²) in [6.07, 6.45) is 1.27. The van der Waals surface area contributed by atoms with Crippen molar-refractivity contribution in [3.05, 3.63) is 23.8 Å². The largest absolute Gasteiger partial charge is 0.461 e. The second kappa shape index (κ2) is 4.59. The molecule has 6 heteroatoms. The van der Waals surface area contributed by atoms with Crippen LogP contribution in [-0.4, -0.2) is 23.1 Å². The molecule has 0 radical (unpaired) electrons. The lowest BCUT2D eigenvalue weighted by molar-refractivity contribution is -0.118. The van der Waals surface area contributed by atoms with Gasteiger partial charge in [-0.2, -0.15) is 0 Å². The Morgan fingerprint density at radius 1 is 1.60 bits per heavy atom. The third kappa shape index (κ3) is 2.55. The van der Waals surface area contributed by atoms with Crippen LogP contribution in [0.25, 0.3) is 0 Å². The fourth-order valence-corrected chi connectivity index (χ4v) is 1.16. The molecule has 5 nitrogen and oxygen atoms in total. The van der Waals surface area contributed by atoms with Crippen LogP contribution in [0.4, 0.5) is 4.39 Å². The number of rotatable bonds is 4. The normalized spacial score (nSPS) is 10.0. The van der Waals surface area contributed by atoms with Crippen molar-refractivity contribution in [1.82, 2.24) is 4.57 Å². The Morgan fingerprint density at radius 3 is 2.80 bits per heavy atom. The number of aromatic nitrogens is 1. The van der Waals surface area contributed by atoms with Crippen LogP contribution in [0.3, 0.4) is 0 Å². The smallest absolute Gasteiger partial charge is 0.358 e. The first-order valence-electron chi connectivity index (χ1n) is 4.36.